The maximum Gasteiger partial charge on any atom is 0.127 e. The summed E-state index contributed by atoms with van der Waals surface area (Å²) < 4.78 is 15.6. The van der Waals surface area contributed by atoms with Crippen molar-refractivity contribution in [2.24, 2.45) is 5.73 Å². The smallest absolute Gasteiger partial charge is 0.127 e. The topological polar surface area (TPSA) is 47.1 Å². The lowest BCUT2D eigenvalue weighted by Crippen LogP contribution is -2.28. The van der Waals surface area contributed by atoms with E-state index in [-0.39, 0.29) is 11.9 Å². The highest BCUT2D eigenvalue weighted by molar-refractivity contribution is 5.76. The molecule has 21 heavy (non-hydrogen) atoms. The third kappa shape index (κ3) is 3.24. The van der Waals surface area contributed by atoms with Crippen LogP contribution in [0.4, 0.5) is 4.39 Å². The van der Waals surface area contributed by atoms with Crippen LogP contribution in [0.15, 0.2) is 18.2 Å². The third-order valence-electron chi connectivity index (χ3n) is 4.06. The van der Waals surface area contributed by atoms with Crippen molar-refractivity contribution >= 4 is 11.0 Å². The average molecular weight is 292 g/mol. The number of halogens is 1. The van der Waals surface area contributed by atoms with Gasteiger partial charge in [0.05, 0.1) is 17.1 Å². The molecule has 5 heteroatoms. The zero-order valence-corrected chi connectivity index (χ0v) is 13.1. The first-order valence-corrected chi connectivity index (χ1v) is 7.72. The molecule has 0 aliphatic rings. The minimum absolute atomic E-state index is 0.202. The Bertz CT molecular complexity index is 589. The van der Waals surface area contributed by atoms with Crippen molar-refractivity contribution in [3.63, 3.8) is 0 Å². The quantitative estimate of drug-likeness (QED) is 0.853. The highest BCUT2D eigenvalue weighted by Crippen LogP contribution is 2.25. The standard InChI is InChI=1S/C16H25FN4/c1-4-20(5-2)12(3)16-19-14-11-13(17)7-8-15(14)21(16)10-6-9-18/h7-8,11-12H,4-6,9-10,18H2,1-3H3. The summed E-state index contributed by atoms with van der Waals surface area (Å²) in [7, 11) is 0. The zero-order valence-electron chi connectivity index (χ0n) is 13.1. The first-order valence-electron chi connectivity index (χ1n) is 7.72. The van der Waals surface area contributed by atoms with Crippen LogP contribution in [-0.2, 0) is 6.54 Å². The van der Waals surface area contributed by atoms with Gasteiger partial charge in [-0.25, -0.2) is 9.37 Å². The number of nitrogens with zero attached hydrogens (tertiary/aromatic N) is 3. The molecule has 0 aliphatic carbocycles. The lowest BCUT2D eigenvalue weighted by Gasteiger charge is -2.26. The molecule has 0 fully saturated rings. The Morgan fingerprint density at radius 3 is 2.67 bits per heavy atom. The van der Waals surface area contributed by atoms with Crippen molar-refractivity contribution in [3.05, 3.63) is 29.8 Å². The molecule has 1 aromatic carbocycles. The monoisotopic (exact) mass is 292 g/mol. The van der Waals surface area contributed by atoms with E-state index in [1.807, 2.05) is 6.07 Å². The summed E-state index contributed by atoms with van der Waals surface area (Å²) in [6.45, 7) is 9.83. The van der Waals surface area contributed by atoms with E-state index in [1.165, 1.54) is 12.1 Å². The Kier molecular flexibility index (Phi) is 5.31. The maximum absolute atomic E-state index is 13.4. The van der Waals surface area contributed by atoms with Crippen molar-refractivity contribution in [1.29, 1.82) is 0 Å². The van der Waals surface area contributed by atoms with Crippen molar-refractivity contribution in [2.75, 3.05) is 19.6 Å². The van der Waals surface area contributed by atoms with Crippen LogP contribution >= 0.6 is 0 Å². The van der Waals surface area contributed by atoms with Gasteiger partial charge in [-0.2, -0.15) is 0 Å². The van der Waals surface area contributed by atoms with Crippen LogP contribution < -0.4 is 5.73 Å². The Balaban J connectivity index is 2.49. The zero-order chi connectivity index (χ0) is 15.4. The first-order chi connectivity index (χ1) is 10.1. The summed E-state index contributed by atoms with van der Waals surface area (Å²) in [6, 6.07) is 5.02. The van der Waals surface area contributed by atoms with Gasteiger partial charge in [-0.15, -0.1) is 0 Å². The van der Waals surface area contributed by atoms with Crippen LogP contribution in [0.1, 0.15) is 39.1 Å². The van der Waals surface area contributed by atoms with Gasteiger partial charge in [-0.05, 0) is 45.1 Å². The molecule has 0 saturated carbocycles. The fourth-order valence-electron chi connectivity index (χ4n) is 2.86. The van der Waals surface area contributed by atoms with E-state index in [4.69, 9.17) is 5.73 Å². The number of rotatable bonds is 7. The van der Waals surface area contributed by atoms with E-state index in [0.717, 1.165) is 42.9 Å². The Morgan fingerprint density at radius 1 is 1.33 bits per heavy atom. The summed E-state index contributed by atoms with van der Waals surface area (Å²) in [5.41, 5.74) is 7.36. The Hall–Kier alpha value is -1.46. The largest absolute Gasteiger partial charge is 0.330 e. The van der Waals surface area contributed by atoms with E-state index in [0.29, 0.717) is 6.54 Å². The second-order valence-corrected chi connectivity index (χ2v) is 5.29. The predicted molar refractivity (Wildman–Crippen MR) is 84.7 cm³/mol. The number of fused-ring (bicyclic) bond motifs is 1. The molecule has 0 aliphatic heterocycles. The fraction of sp³-hybridized carbons (Fsp3) is 0.562. The van der Waals surface area contributed by atoms with Gasteiger partial charge in [0, 0.05) is 12.6 Å². The number of imidazole rings is 1. The van der Waals surface area contributed by atoms with Crippen molar-refractivity contribution in [3.8, 4) is 0 Å². The molecule has 1 atom stereocenters. The molecule has 1 unspecified atom stereocenters. The van der Waals surface area contributed by atoms with Gasteiger partial charge in [0.25, 0.3) is 0 Å². The number of hydrogen-bond acceptors (Lipinski definition) is 3. The SMILES string of the molecule is CCN(CC)C(C)c1nc2cc(F)ccc2n1CCCN. The summed E-state index contributed by atoms with van der Waals surface area (Å²) in [5, 5.41) is 0. The van der Waals surface area contributed by atoms with Gasteiger partial charge in [-0.3, -0.25) is 4.90 Å². The molecule has 0 radical (unpaired) electrons. The molecule has 4 nitrogen and oxygen atoms in total. The Labute approximate surface area is 125 Å². The van der Waals surface area contributed by atoms with Crippen molar-refractivity contribution in [1.82, 2.24) is 14.5 Å². The molecule has 116 valence electrons. The predicted octanol–water partition coefficient (Wildman–Crippen LogP) is 2.93. The normalized spacial score (nSPS) is 13.2. The number of aryl methyl sites for hydroxylation is 1. The van der Waals surface area contributed by atoms with Crippen molar-refractivity contribution < 1.29 is 4.39 Å². The Morgan fingerprint density at radius 2 is 2.05 bits per heavy atom. The lowest BCUT2D eigenvalue weighted by atomic mass is 10.2. The maximum atomic E-state index is 13.4. The van der Waals surface area contributed by atoms with E-state index >= 15 is 0 Å². The van der Waals surface area contributed by atoms with Gasteiger partial charge in [0.1, 0.15) is 11.6 Å². The number of hydrogen-bond donors (Lipinski definition) is 1. The number of aromatic nitrogens is 2. The summed E-state index contributed by atoms with van der Waals surface area (Å²) >= 11 is 0. The van der Waals surface area contributed by atoms with Crippen LogP contribution in [0.5, 0.6) is 0 Å². The summed E-state index contributed by atoms with van der Waals surface area (Å²) in [5.74, 6) is 0.751. The van der Waals surface area contributed by atoms with E-state index in [9.17, 15) is 4.39 Å². The molecule has 1 heterocycles. The molecule has 0 spiro atoms. The molecular weight excluding hydrogens is 267 g/mol. The highest BCUT2D eigenvalue weighted by atomic mass is 19.1. The molecule has 0 bridgehead atoms. The molecule has 2 aromatic rings. The van der Waals surface area contributed by atoms with Gasteiger partial charge in [0.2, 0.25) is 0 Å². The van der Waals surface area contributed by atoms with Crippen molar-refractivity contribution in [2.45, 2.75) is 39.8 Å². The van der Waals surface area contributed by atoms with Gasteiger partial charge >= 0.3 is 0 Å². The lowest BCUT2D eigenvalue weighted by molar-refractivity contribution is 0.221. The third-order valence-corrected chi connectivity index (χ3v) is 4.06. The van der Waals surface area contributed by atoms with Gasteiger partial charge in [-0.1, -0.05) is 13.8 Å². The molecule has 2 N–H and O–H groups in total. The van der Waals surface area contributed by atoms with Crippen LogP contribution in [-0.4, -0.2) is 34.1 Å². The summed E-state index contributed by atoms with van der Waals surface area (Å²) in [6.07, 6.45) is 0.890. The number of benzene rings is 1. The molecule has 0 saturated heterocycles. The molecule has 0 amide bonds. The highest BCUT2D eigenvalue weighted by Gasteiger charge is 2.20. The number of nitrogens with two attached hydrogens (primary N) is 1. The molecular formula is C16H25FN4. The van der Waals surface area contributed by atoms with Crippen LogP contribution in [0.2, 0.25) is 0 Å². The second kappa shape index (κ2) is 7.00. The fourth-order valence-corrected chi connectivity index (χ4v) is 2.86. The minimum atomic E-state index is -0.243. The van der Waals surface area contributed by atoms with E-state index < -0.39 is 0 Å². The van der Waals surface area contributed by atoms with E-state index in [1.54, 1.807) is 0 Å². The molecule has 1 aromatic heterocycles. The van der Waals surface area contributed by atoms with Crippen LogP contribution in [0.25, 0.3) is 11.0 Å². The van der Waals surface area contributed by atoms with Crippen LogP contribution in [0, 0.1) is 5.82 Å². The second-order valence-electron chi connectivity index (χ2n) is 5.29. The minimum Gasteiger partial charge on any atom is -0.330 e. The van der Waals surface area contributed by atoms with Gasteiger partial charge < -0.3 is 10.3 Å². The molecule has 2 rings (SSSR count). The van der Waals surface area contributed by atoms with Gasteiger partial charge in [0.15, 0.2) is 0 Å². The first kappa shape index (κ1) is 15.9. The average Bonchev–Trinajstić information content (AvgIpc) is 2.83. The van der Waals surface area contributed by atoms with Crippen LogP contribution in [0.3, 0.4) is 0 Å². The summed E-state index contributed by atoms with van der Waals surface area (Å²) in [4.78, 5) is 7.03. The van der Waals surface area contributed by atoms with E-state index in [2.05, 4.69) is 35.2 Å².